The molecule has 21 heavy (non-hydrogen) atoms. The monoisotopic (exact) mass is 285 g/mol. The Balaban J connectivity index is 1.50. The smallest absolute Gasteiger partial charge is 0.142 e. The van der Waals surface area contributed by atoms with Crippen LogP contribution in [-0.2, 0) is 0 Å². The summed E-state index contributed by atoms with van der Waals surface area (Å²) in [6.45, 7) is 4.81. The molecule has 0 saturated carbocycles. The third kappa shape index (κ3) is 2.39. The van der Waals surface area contributed by atoms with Crippen LogP contribution in [0, 0.1) is 11.8 Å². The topological polar surface area (TPSA) is 48.1 Å². The minimum atomic E-state index is 0.836. The molecule has 2 aromatic rings. The Hall–Kier alpha value is -1.62. The van der Waals surface area contributed by atoms with Crippen LogP contribution in [0.4, 0.5) is 5.82 Å². The molecule has 1 unspecified atom stereocenters. The molecule has 0 aromatic carbocycles. The van der Waals surface area contributed by atoms with E-state index in [1.54, 1.807) is 6.33 Å². The van der Waals surface area contributed by atoms with Crippen LogP contribution in [0.2, 0.25) is 0 Å². The van der Waals surface area contributed by atoms with E-state index < -0.39 is 0 Å². The fraction of sp³-hybridized carbons (Fsp3) is 0.625. The first-order chi connectivity index (χ1) is 10.3. The highest BCUT2D eigenvalue weighted by Gasteiger charge is 2.32. The molecule has 0 bridgehead atoms. The first-order valence-corrected chi connectivity index (χ1v) is 8.03. The molecule has 112 valence electrons. The van der Waals surface area contributed by atoms with Crippen LogP contribution < -0.4 is 4.90 Å². The number of nitrogens with one attached hydrogen (secondary N) is 1. The first kappa shape index (κ1) is 13.1. The molecule has 1 N–H and O–H groups in total. The van der Waals surface area contributed by atoms with Gasteiger partial charge in [0.1, 0.15) is 17.8 Å². The van der Waals surface area contributed by atoms with E-state index in [0.717, 1.165) is 41.8 Å². The van der Waals surface area contributed by atoms with Gasteiger partial charge in [0.25, 0.3) is 0 Å². The second-order valence-electron chi connectivity index (χ2n) is 6.57. The van der Waals surface area contributed by atoms with Crippen molar-refractivity contribution < 1.29 is 0 Å². The molecule has 0 spiro atoms. The predicted octanol–water partition coefficient (Wildman–Crippen LogP) is 2.13. The van der Waals surface area contributed by atoms with Crippen LogP contribution in [0.25, 0.3) is 11.0 Å². The number of likely N-dealkylation sites (tertiary alicyclic amines) is 1. The average molecular weight is 285 g/mol. The van der Waals surface area contributed by atoms with Crippen LogP contribution in [0.5, 0.6) is 0 Å². The van der Waals surface area contributed by atoms with Crippen molar-refractivity contribution in [2.45, 2.75) is 19.3 Å². The summed E-state index contributed by atoms with van der Waals surface area (Å²) < 4.78 is 0. The van der Waals surface area contributed by atoms with Crippen molar-refractivity contribution in [3.8, 4) is 0 Å². The molecule has 5 nitrogen and oxygen atoms in total. The lowest BCUT2D eigenvalue weighted by Gasteiger charge is -2.32. The van der Waals surface area contributed by atoms with E-state index in [1.165, 1.54) is 32.4 Å². The van der Waals surface area contributed by atoms with Crippen molar-refractivity contribution in [3.05, 3.63) is 18.6 Å². The van der Waals surface area contributed by atoms with Crippen molar-refractivity contribution >= 4 is 16.9 Å². The zero-order valence-electron chi connectivity index (χ0n) is 12.6. The van der Waals surface area contributed by atoms with Crippen LogP contribution in [0.1, 0.15) is 19.3 Å². The molecule has 5 heteroatoms. The second kappa shape index (κ2) is 5.30. The van der Waals surface area contributed by atoms with E-state index in [1.807, 2.05) is 6.20 Å². The van der Waals surface area contributed by atoms with Crippen molar-refractivity contribution in [2.75, 3.05) is 38.1 Å². The van der Waals surface area contributed by atoms with Gasteiger partial charge in [-0.1, -0.05) is 0 Å². The third-order valence-corrected chi connectivity index (χ3v) is 5.29. The minimum absolute atomic E-state index is 0.836. The summed E-state index contributed by atoms with van der Waals surface area (Å²) in [6.07, 6.45) is 7.66. The Kier molecular flexibility index (Phi) is 3.30. The Labute approximate surface area is 125 Å². The van der Waals surface area contributed by atoms with E-state index in [-0.39, 0.29) is 0 Å². The highest BCUT2D eigenvalue weighted by atomic mass is 15.2. The normalized spacial score (nSPS) is 25.0. The molecule has 4 heterocycles. The van der Waals surface area contributed by atoms with Gasteiger partial charge in [-0.15, -0.1) is 0 Å². The minimum Gasteiger partial charge on any atom is -0.356 e. The van der Waals surface area contributed by atoms with Gasteiger partial charge in [-0.05, 0) is 57.3 Å². The summed E-state index contributed by atoms with van der Waals surface area (Å²) in [5, 5.41) is 1.15. The predicted molar refractivity (Wildman–Crippen MR) is 84.4 cm³/mol. The fourth-order valence-corrected chi connectivity index (χ4v) is 3.98. The number of nitrogens with zero attached hydrogens (tertiary/aromatic N) is 4. The first-order valence-electron chi connectivity index (χ1n) is 8.03. The molecule has 0 radical (unpaired) electrons. The molecule has 1 atom stereocenters. The molecule has 2 saturated heterocycles. The van der Waals surface area contributed by atoms with Crippen molar-refractivity contribution in [3.63, 3.8) is 0 Å². The van der Waals surface area contributed by atoms with E-state index >= 15 is 0 Å². The quantitative estimate of drug-likeness (QED) is 0.918. The zero-order chi connectivity index (χ0) is 14.2. The number of H-pyrrole nitrogens is 1. The van der Waals surface area contributed by atoms with Gasteiger partial charge in [-0.3, -0.25) is 0 Å². The average Bonchev–Trinajstić information content (AvgIpc) is 3.16. The number of hydrogen-bond acceptors (Lipinski definition) is 4. The largest absolute Gasteiger partial charge is 0.356 e. The molecule has 4 rings (SSSR count). The fourth-order valence-electron chi connectivity index (χ4n) is 3.98. The Bertz CT molecular complexity index is 614. The van der Waals surface area contributed by atoms with Gasteiger partial charge in [0.05, 0.1) is 5.39 Å². The maximum atomic E-state index is 4.54. The molecule has 2 aromatic heterocycles. The molecule has 2 aliphatic rings. The van der Waals surface area contributed by atoms with Gasteiger partial charge < -0.3 is 14.8 Å². The van der Waals surface area contributed by atoms with Crippen molar-refractivity contribution in [1.82, 2.24) is 19.9 Å². The molecule has 2 fully saturated rings. The molecule has 0 amide bonds. The lowest BCUT2D eigenvalue weighted by Crippen LogP contribution is -2.34. The number of hydrogen-bond donors (Lipinski definition) is 1. The van der Waals surface area contributed by atoms with Crippen LogP contribution >= 0.6 is 0 Å². The highest BCUT2D eigenvalue weighted by Crippen LogP contribution is 2.34. The van der Waals surface area contributed by atoms with Crippen molar-refractivity contribution in [2.24, 2.45) is 11.8 Å². The van der Waals surface area contributed by atoms with Crippen LogP contribution in [0.3, 0.4) is 0 Å². The van der Waals surface area contributed by atoms with Gasteiger partial charge >= 0.3 is 0 Å². The molecular weight excluding hydrogens is 262 g/mol. The number of fused-ring (bicyclic) bond motifs is 1. The lowest BCUT2D eigenvalue weighted by molar-refractivity contribution is 0.178. The summed E-state index contributed by atoms with van der Waals surface area (Å²) in [5.41, 5.74) is 0.947. The zero-order valence-corrected chi connectivity index (χ0v) is 12.6. The summed E-state index contributed by atoms with van der Waals surface area (Å²) in [5.74, 6) is 2.84. The summed E-state index contributed by atoms with van der Waals surface area (Å²) >= 11 is 0. The number of piperidine rings is 1. The summed E-state index contributed by atoms with van der Waals surface area (Å²) in [6, 6.07) is 2.09. The van der Waals surface area contributed by atoms with Gasteiger partial charge in [0, 0.05) is 19.3 Å². The number of aromatic nitrogens is 3. The van der Waals surface area contributed by atoms with E-state index in [4.69, 9.17) is 0 Å². The standard InChI is InChI=1S/C16H23N5/c1-20-7-3-12(4-8-20)13-5-9-21(10-13)16-14-2-6-17-15(14)18-11-19-16/h2,6,11-13H,3-5,7-10H2,1H3,(H,17,18,19). The summed E-state index contributed by atoms with van der Waals surface area (Å²) in [7, 11) is 2.24. The number of aromatic amines is 1. The van der Waals surface area contributed by atoms with Gasteiger partial charge in [-0.25, -0.2) is 9.97 Å². The number of rotatable bonds is 2. The number of anilines is 1. The van der Waals surface area contributed by atoms with Crippen LogP contribution in [0.15, 0.2) is 18.6 Å². The van der Waals surface area contributed by atoms with E-state index in [2.05, 4.69) is 37.9 Å². The Morgan fingerprint density at radius 1 is 1.10 bits per heavy atom. The second-order valence-corrected chi connectivity index (χ2v) is 6.57. The maximum absolute atomic E-state index is 4.54. The van der Waals surface area contributed by atoms with Crippen LogP contribution in [-0.4, -0.2) is 53.1 Å². The lowest BCUT2D eigenvalue weighted by atomic mass is 9.84. The van der Waals surface area contributed by atoms with Crippen molar-refractivity contribution in [1.29, 1.82) is 0 Å². The van der Waals surface area contributed by atoms with Gasteiger partial charge in [-0.2, -0.15) is 0 Å². The SMILES string of the molecule is CN1CCC(C2CCN(c3ncnc4[nH]ccc34)C2)CC1. The summed E-state index contributed by atoms with van der Waals surface area (Å²) in [4.78, 5) is 16.9. The van der Waals surface area contributed by atoms with E-state index in [0.29, 0.717) is 0 Å². The Morgan fingerprint density at radius 2 is 1.90 bits per heavy atom. The molecule has 2 aliphatic heterocycles. The Morgan fingerprint density at radius 3 is 2.76 bits per heavy atom. The van der Waals surface area contributed by atoms with E-state index in [9.17, 15) is 0 Å². The highest BCUT2D eigenvalue weighted by molar-refractivity contribution is 5.87. The third-order valence-electron chi connectivity index (χ3n) is 5.29. The van der Waals surface area contributed by atoms with Gasteiger partial charge in [0.2, 0.25) is 0 Å². The molecular formula is C16H23N5. The maximum Gasteiger partial charge on any atom is 0.142 e. The molecule has 0 aliphatic carbocycles. The van der Waals surface area contributed by atoms with Gasteiger partial charge in [0.15, 0.2) is 0 Å².